The first-order valence-corrected chi connectivity index (χ1v) is 7.24. The first-order chi connectivity index (χ1) is 9.06. The molecule has 0 unspecified atom stereocenters. The van der Waals surface area contributed by atoms with Gasteiger partial charge in [-0.3, -0.25) is 4.79 Å². The van der Waals surface area contributed by atoms with Crippen LogP contribution in [0, 0.1) is 3.57 Å². The number of ketones is 1. The van der Waals surface area contributed by atoms with Crippen LogP contribution in [0.15, 0.2) is 48.5 Å². The average Bonchev–Trinajstić information content (AvgIpc) is 2.39. The van der Waals surface area contributed by atoms with Gasteiger partial charge in [-0.2, -0.15) is 0 Å². The number of rotatable bonds is 4. The second-order valence-corrected chi connectivity index (χ2v) is 5.77. The molecule has 19 heavy (non-hydrogen) atoms. The summed E-state index contributed by atoms with van der Waals surface area (Å²) in [5.74, 6) is 0.636. The summed E-state index contributed by atoms with van der Waals surface area (Å²) in [7, 11) is 0. The van der Waals surface area contributed by atoms with E-state index >= 15 is 0 Å². The highest BCUT2D eigenvalue weighted by atomic mass is 127. The van der Waals surface area contributed by atoms with Crippen LogP contribution in [0.1, 0.15) is 17.3 Å². The summed E-state index contributed by atoms with van der Waals surface area (Å²) >= 11 is 8.00. The fraction of sp³-hybridized carbons (Fsp3) is 0.133. The van der Waals surface area contributed by atoms with Gasteiger partial charge >= 0.3 is 0 Å². The first kappa shape index (κ1) is 14.3. The van der Waals surface area contributed by atoms with E-state index in [9.17, 15) is 4.79 Å². The van der Waals surface area contributed by atoms with Crippen LogP contribution in [0.2, 0.25) is 5.02 Å². The van der Waals surface area contributed by atoms with Crippen LogP contribution in [-0.4, -0.2) is 11.9 Å². The molecule has 2 rings (SSSR count). The van der Waals surface area contributed by atoms with Crippen LogP contribution in [-0.2, 0) is 0 Å². The molecule has 0 aromatic heterocycles. The van der Waals surface area contributed by atoms with Gasteiger partial charge in [0, 0.05) is 14.2 Å². The Hall–Kier alpha value is -1.07. The van der Waals surface area contributed by atoms with Crippen molar-refractivity contribution in [2.45, 2.75) is 13.0 Å². The molecular formula is C15H12ClIO2. The second-order valence-electron chi connectivity index (χ2n) is 4.09. The molecule has 98 valence electrons. The molecule has 0 amide bonds. The highest BCUT2D eigenvalue weighted by Gasteiger charge is 2.16. The van der Waals surface area contributed by atoms with Crippen molar-refractivity contribution in [1.29, 1.82) is 0 Å². The van der Waals surface area contributed by atoms with E-state index in [1.807, 2.05) is 24.3 Å². The molecule has 0 fully saturated rings. The molecule has 4 heteroatoms. The number of carbonyl (C=O) groups is 1. The Morgan fingerprint density at radius 2 is 1.89 bits per heavy atom. The summed E-state index contributed by atoms with van der Waals surface area (Å²) in [5, 5.41) is 0.614. The van der Waals surface area contributed by atoms with Crippen LogP contribution in [0.3, 0.4) is 0 Å². The number of ether oxygens (including phenoxy) is 1. The van der Waals surface area contributed by atoms with Crippen molar-refractivity contribution in [3.63, 3.8) is 0 Å². The molecule has 0 heterocycles. The molecule has 0 spiro atoms. The predicted octanol–water partition coefficient (Wildman–Crippen LogP) is 4.59. The number of carbonyl (C=O) groups excluding carboxylic acids is 1. The van der Waals surface area contributed by atoms with Gasteiger partial charge in [0.05, 0.1) is 0 Å². The monoisotopic (exact) mass is 386 g/mol. The molecule has 2 nitrogen and oxygen atoms in total. The van der Waals surface area contributed by atoms with Crippen molar-refractivity contribution in [2.75, 3.05) is 0 Å². The summed E-state index contributed by atoms with van der Waals surface area (Å²) in [5.41, 5.74) is 0.600. The summed E-state index contributed by atoms with van der Waals surface area (Å²) in [6.07, 6.45) is -0.528. The molecule has 0 aliphatic carbocycles. The fourth-order valence-electron chi connectivity index (χ4n) is 1.65. The zero-order chi connectivity index (χ0) is 13.8. The molecule has 1 atom stereocenters. The number of benzene rings is 2. The lowest BCUT2D eigenvalue weighted by molar-refractivity contribution is 0.0818. The molecule has 0 aliphatic rings. The van der Waals surface area contributed by atoms with Crippen molar-refractivity contribution >= 4 is 40.0 Å². The zero-order valence-electron chi connectivity index (χ0n) is 10.3. The van der Waals surface area contributed by atoms with Gasteiger partial charge in [-0.1, -0.05) is 17.7 Å². The van der Waals surface area contributed by atoms with Crippen molar-refractivity contribution in [3.05, 3.63) is 62.7 Å². The minimum atomic E-state index is -0.528. The molecule has 2 aromatic rings. The van der Waals surface area contributed by atoms with Crippen LogP contribution in [0.4, 0.5) is 0 Å². The van der Waals surface area contributed by atoms with E-state index in [1.54, 1.807) is 31.2 Å². The van der Waals surface area contributed by atoms with Crippen LogP contribution in [0.25, 0.3) is 0 Å². The minimum absolute atomic E-state index is 0.0597. The van der Waals surface area contributed by atoms with Crippen molar-refractivity contribution in [3.8, 4) is 5.75 Å². The molecule has 0 radical (unpaired) electrons. The number of Topliss-reactive ketones (excluding diaryl/α,β-unsaturated/α-hetero) is 1. The zero-order valence-corrected chi connectivity index (χ0v) is 13.2. The van der Waals surface area contributed by atoms with Gasteiger partial charge in [-0.25, -0.2) is 0 Å². The molecule has 0 saturated heterocycles. The van der Waals surface area contributed by atoms with Gasteiger partial charge in [0.2, 0.25) is 5.78 Å². The Morgan fingerprint density at radius 1 is 1.21 bits per heavy atom. The van der Waals surface area contributed by atoms with E-state index in [1.165, 1.54) is 0 Å². The van der Waals surface area contributed by atoms with E-state index in [2.05, 4.69) is 22.6 Å². The SMILES string of the molecule is C[C@@H](Oc1cccc(I)c1)C(=O)c1ccc(Cl)cc1. The fourth-order valence-corrected chi connectivity index (χ4v) is 2.29. The number of halogens is 2. The second kappa shape index (κ2) is 6.39. The average molecular weight is 387 g/mol. The van der Waals surface area contributed by atoms with E-state index in [0.717, 1.165) is 3.57 Å². The van der Waals surface area contributed by atoms with Gasteiger partial charge in [-0.05, 0) is 72.0 Å². The summed E-state index contributed by atoms with van der Waals surface area (Å²) in [6.45, 7) is 1.75. The van der Waals surface area contributed by atoms with Crippen molar-refractivity contribution in [2.24, 2.45) is 0 Å². The third-order valence-electron chi connectivity index (χ3n) is 2.61. The highest BCUT2D eigenvalue weighted by Crippen LogP contribution is 2.18. The Kier molecular flexibility index (Phi) is 4.82. The Morgan fingerprint density at radius 3 is 2.53 bits per heavy atom. The maximum atomic E-state index is 12.2. The van der Waals surface area contributed by atoms with Crippen molar-refractivity contribution in [1.82, 2.24) is 0 Å². The predicted molar refractivity (Wildman–Crippen MR) is 85.0 cm³/mol. The van der Waals surface area contributed by atoms with Crippen LogP contribution in [0.5, 0.6) is 5.75 Å². The molecular weight excluding hydrogens is 375 g/mol. The van der Waals surface area contributed by atoms with Crippen LogP contribution >= 0.6 is 34.2 Å². The van der Waals surface area contributed by atoms with Gasteiger partial charge in [0.15, 0.2) is 6.10 Å². The van der Waals surface area contributed by atoms with E-state index in [4.69, 9.17) is 16.3 Å². The Labute approximate surface area is 130 Å². The lowest BCUT2D eigenvalue weighted by atomic mass is 10.1. The number of hydrogen-bond donors (Lipinski definition) is 0. The van der Waals surface area contributed by atoms with Crippen molar-refractivity contribution < 1.29 is 9.53 Å². The molecule has 0 aliphatic heterocycles. The topological polar surface area (TPSA) is 26.3 Å². The molecule has 0 bridgehead atoms. The smallest absolute Gasteiger partial charge is 0.202 e. The van der Waals surface area contributed by atoms with E-state index in [0.29, 0.717) is 16.3 Å². The first-order valence-electron chi connectivity index (χ1n) is 5.78. The van der Waals surface area contributed by atoms with E-state index in [-0.39, 0.29) is 5.78 Å². The number of hydrogen-bond acceptors (Lipinski definition) is 2. The Bertz CT molecular complexity index is 581. The van der Waals surface area contributed by atoms with Gasteiger partial charge in [0.25, 0.3) is 0 Å². The summed E-state index contributed by atoms with van der Waals surface area (Å²) < 4.78 is 6.72. The Balaban J connectivity index is 2.09. The van der Waals surface area contributed by atoms with E-state index < -0.39 is 6.10 Å². The third-order valence-corrected chi connectivity index (χ3v) is 3.53. The standard InChI is InChI=1S/C15H12ClIO2/c1-10(19-14-4-2-3-13(17)9-14)15(18)11-5-7-12(16)8-6-11/h2-10H,1H3/t10-/m1/s1. The van der Waals surface area contributed by atoms with Gasteiger partial charge in [-0.15, -0.1) is 0 Å². The molecule has 0 saturated carbocycles. The van der Waals surface area contributed by atoms with Gasteiger partial charge in [0.1, 0.15) is 5.75 Å². The van der Waals surface area contributed by atoms with Crippen LogP contribution < -0.4 is 4.74 Å². The maximum absolute atomic E-state index is 12.2. The summed E-state index contributed by atoms with van der Waals surface area (Å²) in [4.78, 5) is 12.2. The normalized spacial score (nSPS) is 11.9. The third kappa shape index (κ3) is 3.94. The maximum Gasteiger partial charge on any atom is 0.202 e. The largest absolute Gasteiger partial charge is 0.483 e. The minimum Gasteiger partial charge on any atom is -0.483 e. The molecule has 2 aromatic carbocycles. The van der Waals surface area contributed by atoms with Gasteiger partial charge < -0.3 is 4.74 Å². The lowest BCUT2D eigenvalue weighted by Gasteiger charge is -2.14. The quantitative estimate of drug-likeness (QED) is 0.567. The lowest BCUT2D eigenvalue weighted by Crippen LogP contribution is -2.23. The highest BCUT2D eigenvalue weighted by molar-refractivity contribution is 14.1. The molecule has 0 N–H and O–H groups in total. The summed E-state index contributed by atoms with van der Waals surface area (Å²) in [6, 6.07) is 14.4.